The van der Waals surface area contributed by atoms with Crippen molar-refractivity contribution in [2.24, 2.45) is 0 Å². The van der Waals surface area contributed by atoms with Crippen LogP contribution in [-0.4, -0.2) is 32.8 Å². The third-order valence-electron chi connectivity index (χ3n) is 4.05. The molecule has 0 bridgehead atoms. The van der Waals surface area contributed by atoms with Crippen LogP contribution < -0.4 is 24.8 Å². The molecule has 0 unspecified atom stereocenters. The van der Waals surface area contributed by atoms with Gasteiger partial charge in [-0.2, -0.15) is 0 Å². The normalized spacial score (nSPS) is 10.1. The van der Waals surface area contributed by atoms with E-state index in [1.165, 1.54) is 0 Å². The molecule has 3 aromatic carbocycles. The zero-order valence-electron chi connectivity index (χ0n) is 16.3. The summed E-state index contributed by atoms with van der Waals surface area (Å²) in [5.41, 5.74) is 1.46. The average Bonchev–Trinajstić information content (AvgIpc) is 2.77. The van der Waals surface area contributed by atoms with E-state index in [0.717, 1.165) is 17.2 Å². The minimum absolute atomic E-state index is 0.118. The molecule has 0 heterocycles. The second-order valence-electron chi connectivity index (χ2n) is 6.14. The lowest BCUT2D eigenvalue weighted by molar-refractivity contribution is -0.114. The maximum atomic E-state index is 12.2. The molecular formula is C23H24N2O4. The first kappa shape index (κ1) is 20.1. The van der Waals surface area contributed by atoms with Crippen LogP contribution in [0.15, 0.2) is 78.9 Å². The van der Waals surface area contributed by atoms with Crippen molar-refractivity contribution in [3.8, 4) is 17.2 Å². The highest BCUT2D eigenvalue weighted by molar-refractivity contribution is 5.94. The number of para-hydroxylation sites is 3. The third-order valence-corrected chi connectivity index (χ3v) is 4.05. The van der Waals surface area contributed by atoms with Crippen LogP contribution in [0.1, 0.15) is 0 Å². The molecule has 2 N–H and O–H groups in total. The second kappa shape index (κ2) is 10.6. The van der Waals surface area contributed by atoms with Crippen LogP contribution in [0.3, 0.4) is 0 Å². The minimum Gasteiger partial charge on any atom is -0.497 e. The molecule has 0 aliphatic rings. The van der Waals surface area contributed by atoms with Gasteiger partial charge in [0.2, 0.25) is 5.91 Å². The van der Waals surface area contributed by atoms with Crippen molar-refractivity contribution in [1.82, 2.24) is 0 Å². The van der Waals surface area contributed by atoms with Crippen LogP contribution in [0, 0.1) is 0 Å². The van der Waals surface area contributed by atoms with Gasteiger partial charge in [-0.15, -0.1) is 0 Å². The van der Waals surface area contributed by atoms with Gasteiger partial charge in [-0.3, -0.25) is 4.79 Å². The number of carbonyl (C=O) groups excluding carboxylic acids is 1. The van der Waals surface area contributed by atoms with E-state index >= 15 is 0 Å². The lowest BCUT2D eigenvalue weighted by Gasteiger charge is -2.14. The smallest absolute Gasteiger partial charge is 0.243 e. The van der Waals surface area contributed by atoms with Gasteiger partial charge in [-0.05, 0) is 48.5 Å². The quantitative estimate of drug-likeness (QED) is 0.506. The van der Waals surface area contributed by atoms with Crippen LogP contribution in [0.5, 0.6) is 17.2 Å². The predicted molar refractivity (Wildman–Crippen MR) is 114 cm³/mol. The number of ether oxygens (including phenoxy) is 3. The lowest BCUT2D eigenvalue weighted by atomic mass is 10.3. The van der Waals surface area contributed by atoms with Crippen molar-refractivity contribution in [2.45, 2.75) is 0 Å². The lowest BCUT2D eigenvalue weighted by Crippen LogP contribution is -2.22. The SMILES string of the molecule is COc1ccc(NC(=O)CNc2ccccc2OCCOc2ccccc2)cc1. The van der Waals surface area contributed by atoms with Gasteiger partial charge in [0.25, 0.3) is 0 Å². The fourth-order valence-corrected chi connectivity index (χ4v) is 2.62. The number of anilines is 2. The maximum Gasteiger partial charge on any atom is 0.243 e. The highest BCUT2D eigenvalue weighted by Gasteiger charge is 2.07. The van der Waals surface area contributed by atoms with E-state index < -0.39 is 0 Å². The minimum atomic E-state index is -0.155. The molecule has 3 aromatic rings. The highest BCUT2D eigenvalue weighted by atomic mass is 16.5. The Hall–Kier alpha value is -3.67. The number of methoxy groups -OCH3 is 1. The van der Waals surface area contributed by atoms with E-state index in [1.54, 1.807) is 31.4 Å². The van der Waals surface area contributed by atoms with E-state index in [4.69, 9.17) is 14.2 Å². The molecule has 0 saturated heterocycles. The van der Waals surface area contributed by atoms with Gasteiger partial charge in [0.05, 0.1) is 19.3 Å². The Morgan fingerprint density at radius 2 is 1.48 bits per heavy atom. The van der Waals surface area contributed by atoms with Crippen LogP contribution >= 0.6 is 0 Å². The van der Waals surface area contributed by atoms with Crippen LogP contribution in [0.2, 0.25) is 0 Å². The standard InChI is InChI=1S/C23H24N2O4/c1-27-19-13-11-18(12-14-19)25-23(26)17-24-21-9-5-6-10-22(21)29-16-15-28-20-7-3-2-4-8-20/h2-14,24H,15-17H2,1H3,(H,25,26). The van der Waals surface area contributed by atoms with Gasteiger partial charge < -0.3 is 24.8 Å². The summed E-state index contributed by atoms with van der Waals surface area (Å²) in [6.07, 6.45) is 0. The zero-order chi connectivity index (χ0) is 20.3. The molecule has 0 fully saturated rings. The topological polar surface area (TPSA) is 68.8 Å². The van der Waals surface area contributed by atoms with Crippen molar-refractivity contribution < 1.29 is 19.0 Å². The molecule has 150 valence electrons. The fraction of sp³-hybridized carbons (Fsp3) is 0.174. The molecule has 29 heavy (non-hydrogen) atoms. The van der Waals surface area contributed by atoms with Crippen LogP contribution in [-0.2, 0) is 4.79 Å². The average molecular weight is 392 g/mol. The van der Waals surface area contributed by atoms with E-state index in [2.05, 4.69) is 10.6 Å². The maximum absolute atomic E-state index is 12.2. The molecule has 0 aromatic heterocycles. The van der Waals surface area contributed by atoms with E-state index in [-0.39, 0.29) is 12.5 Å². The number of rotatable bonds is 10. The monoisotopic (exact) mass is 392 g/mol. The van der Waals surface area contributed by atoms with Crippen LogP contribution in [0.25, 0.3) is 0 Å². The number of benzene rings is 3. The van der Waals surface area contributed by atoms with Crippen molar-refractivity contribution in [1.29, 1.82) is 0 Å². The molecule has 0 spiro atoms. The number of hydrogen-bond acceptors (Lipinski definition) is 5. The molecule has 0 atom stereocenters. The number of amides is 1. The molecular weight excluding hydrogens is 368 g/mol. The van der Waals surface area contributed by atoms with Gasteiger partial charge in [-0.1, -0.05) is 30.3 Å². The number of hydrogen-bond donors (Lipinski definition) is 2. The van der Waals surface area contributed by atoms with Gasteiger partial charge in [0.1, 0.15) is 30.5 Å². The van der Waals surface area contributed by atoms with Crippen molar-refractivity contribution in [3.63, 3.8) is 0 Å². The Labute approximate surface area is 170 Å². The molecule has 0 aliphatic heterocycles. The summed E-state index contributed by atoms with van der Waals surface area (Å²) in [5.74, 6) is 2.06. The highest BCUT2D eigenvalue weighted by Crippen LogP contribution is 2.23. The fourth-order valence-electron chi connectivity index (χ4n) is 2.62. The second-order valence-corrected chi connectivity index (χ2v) is 6.14. The summed E-state index contributed by atoms with van der Waals surface area (Å²) >= 11 is 0. The van der Waals surface area contributed by atoms with E-state index in [9.17, 15) is 4.79 Å². The molecule has 0 radical (unpaired) electrons. The molecule has 6 nitrogen and oxygen atoms in total. The Kier molecular flexibility index (Phi) is 7.34. The van der Waals surface area contributed by atoms with E-state index in [1.807, 2.05) is 54.6 Å². The molecule has 6 heteroatoms. The van der Waals surface area contributed by atoms with Gasteiger partial charge in [-0.25, -0.2) is 0 Å². The number of carbonyl (C=O) groups is 1. The summed E-state index contributed by atoms with van der Waals surface area (Å²) in [6, 6.07) is 24.3. The summed E-state index contributed by atoms with van der Waals surface area (Å²) < 4.78 is 16.5. The van der Waals surface area contributed by atoms with Crippen molar-refractivity contribution >= 4 is 17.3 Å². The molecule has 1 amide bonds. The molecule has 0 saturated carbocycles. The molecule has 3 rings (SSSR count). The Morgan fingerprint density at radius 3 is 2.24 bits per heavy atom. The summed E-state index contributed by atoms with van der Waals surface area (Å²) in [5, 5.41) is 5.95. The number of nitrogens with one attached hydrogen (secondary N) is 2. The van der Waals surface area contributed by atoms with E-state index in [0.29, 0.717) is 24.7 Å². The first-order valence-electron chi connectivity index (χ1n) is 9.32. The summed E-state index contributed by atoms with van der Waals surface area (Å²) in [6.45, 7) is 0.939. The first-order valence-corrected chi connectivity index (χ1v) is 9.32. The Morgan fingerprint density at radius 1 is 0.793 bits per heavy atom. The van der Waals surface area contributed by atoms with Crippen molar-refractivity contribution in [3.05, 3.63) is 78.9 Å². The largest absolute Gasteiger partial charge is 0.497 e. The van der Waals surface area contributed by atoms with Crippen molar-refractivity contribution in [2.75, 3.05) is 37.5 Å². The van der Waals surface area contributed by atoms with Crippen LogP contribution in [0.4, 0.5) is 11.4 Å². The zero-order valence-corrected chi connectivity index (χ0v) is 16.3. The Balaban J connectivity index is 1.46. The van der Waals surface area contributed by atoms with Gasteiger partial charge >= 0.3 is 0 Å². The summed E-state index contributed by atoms with van der Waals surface area (Å²) in [7, 11) is 1.60. The summed E-state index contributed by atoms with van der Waals surface area (Å²) in [4.78, 5) is 12.2. The van der Waals surface area contributed by atoms with Gasteiger partial charge in [0.15, 0.2) is 0 Å². The third kappa shape index (κ3) is 6.46. The van der Waals surface area contributed by atoms with Gasteiger partial charge in [0, 0.05) is 5.69 Å². The first-order chi connectivity index (χ1) is 14.2. The molecule has 0 aliphatic carbocycles. The predicted octanol–water partition coefficient (Wildman–Crippen LogP) is 4.20. The Bertz CT molecular complexity index is 898.